The summed E-state index contributed by atoms with van der Waals surface area (Å²) in [4.78, 5) is 2.32. The molecule has 3 heteroatoms. The molecule has 0 amide bonds. The van der Waals surface area contributed by atoms with Gasteiger partial charge in [0.1, 0.15) is 5.75 Å². The van der Waals surface area contributed by atoms with Gasteiger partial charge in [-0.25, -0.2) is 0 Å². The number of ether oxygens (including phenoxy) is 1. The highest BCUT2D eigenvalue weighted by Gasteiger charge is 2.19. The predicted molar refractivity (Wildman–Crippen MR) is 119 cm³/mol. The predicted octanol–water partition coefficient (Wildman–Crippen LogP) is 5.20. The Kier molecular flexibility index (Phi) is 6.81. The van der Waals surface area contributed by atoms with Gasteiger partial charge in [0.05, 0.1) is 12.7 Å². The monoisotopic (exact) mass is 389 g/mol. The van der Waals surface area contributed by atoms with Crippen molar-refractivity contribution in [2.24, 2.45) is 0 Å². The van der Waals surface area contributed by atoms with Crippen LogP contribution in [0, 0.1) is 0 Å². The van der Waals surface area contributed by atoms with Gasteiger partial charge in [0.2, 0.25) is 0 Å². The Morgan fingerprint density at radius 3 is 2.52 bits per heavy atom. The molecular weight excluding hydrogens is 358 g/mol. The largest absolute Gasteiger partial charge is 0.494 e. The Bertz CT molecular complexity index is 909. The summed E-state index contributed by atoms with van der Waals surface area (Å²) in [5.41, 5.74) is 2.72. The van der Waals surface area contributed by atoms with Crippen LogP contribution in [-0.2, 0) is 13.0 Å². The number of β-amino-alcohol motifs (C(OH)–C–C–N with tert-alkyl or cyclic N) is 1. The van der Waals surface area contributed by atoms with Crippen LogP contribution in [0.15, 0.2) is 66.7 Å². The van der Waals surface area contributed by atoms with E-state index in [1.165, 1.54) is 34.7 Å². The highest BCUT2D eigenvalue weighted by molar-refractivity contribution is 5.84. The molecule has 1 aliphatic heterocycles. The normalized spacial score (nSPS) is 17.1. The fourth-order valence-corrected chi connectivity index (χ4v) is 4.12. The number of aliphatic hydroxyl groups is 1. The first-order chi connectivity index (χ1) is 14.3. The zero-order valence-electron chi connectivity index (χ0n) is 17.1. The molecule has 0 radical (unpaired) electrons. The maximum Gasteiger partial charge on any atom is 0.119 e. The van der Waals surface area contributed by atoms with Crippen LogP contribution in [0.3, 0.4) is 0 Å². The summed E-state index contributed by atoms with van der Waals surface area (Å²) in [7, 11) is 0. The maximum absolute atomic E-state index is 9.70. The van der Waals surface area contributed by atoms with E-state index in [-0.39, 0.29) is 6.10 Å². The fourth-order valence-electron chi connectivity index (χ4n) is 4.12. The van der Waals surface area contributed by atoms with Crippen molar-refractivity contribution >= 4 is 10.8 Å². The molecule has 3 nitrogen and oxygen atoms in total. The van der Waals surface area contributed by atoms with E-state index in [1.807, 2.05) is 0 Å². The van der Waals surface area contributed by atoms with Crippen molar-refractivity contribution in [1.82, 2.24) is 4.90 Å². The lowest BCUT2D eigenvalue weighted by Crippen LogP contribution is -2.21. The molecule has 1 aliphatic rings. The summed E-state index contributed by atoms with van der Waals surface area (Å²) in [6.45, 7) is 3.46. The van der Waals surface area contributed by atoms with Crippen LogP contribution in [0.25, 0.3) is 10.8 Å². The average Bonchev–Trinajstić information content (AvgIpc) is 3.16. The Morgan fingerprint density at radius 1 is 0.862 bits per heavy atom. The standard InChI is InChI=1S/C26H31NO2/c28-25-14-15-27(20-25)19-22-10-11-24-18-26(13-12-23(24)17-22)29-16-6-2-5-9-21-7-3-1-4-8-21/h1,3-4,7-8,10-13,17-18,25,28H,2,5-6,9,14-16,19-20H2/t25-/m1/s1. The van der Waals surface area contributed by atoms with Gasteiger partial charge in [-0.1, -0.05) is 48.5 Å². The average molecular weight is 390 g/mol. The summed E-state index contributed by atoms with van der Waals surface area (Å²) in [5.74, 6) is 0.955. The number of aliphatic hydroxyl groups excluding tert-OH is 1. The highest BCUT2D eigenvalue weighted by Crippen LogP contribution is 2.24. The minimum atomic E-state index is -0.159. The Labute approximate surface area is 173 Å². The van der Waals surface area contributed by atoms with Crippen molar-refractivity contribution < 1.29 is 9.84 Å². The van der Waals surface area contributed by atoms with Gasteiger partial charge < -0.3 is 9.84 Å². The van der Waals surface area contributed by atoms with E-state index in [9.17, 15) is 5.11 Å². The highest BCUT2D eigenvalue weighted by atomic mass is 16.5. The molecule has 1 atom stereocenters. The first-order valence-corrected chi connectivity index (χ1v) is 10.9. The second kappa shape index (κ2) is 9.91. The SMILES string of the molecule is O[C@@H]1CCN(Cc2ccc3cc(OCCCCCc4ccccc4)ccc3c2)C1. The maximum atomic E-state index is 9.70. The molecule has 3 aromatic carbocycles. The van der Waals surface area contributed by atoms with Crippen molar-refractivity contribution in [2.45, 2.75) is 44.8 Å². The molecule has 0 aliphatic carbocycles. The van der Waals surface area contributed by atoms with Crippen LogP contribution in [0.1, 0.15) is 36.8 Å². The molecule has 0 unspecified atom stereocenters. The second-order valence-corrected chi connectivity index (χ2v) is 8.17. The lowest BCUT2D eigenvalue weighted by Gasteiger charge is -2.15. The van der Waals surface area contributed by atoms with Gasteiger partial charge in [0, 0.05) is 19.6 Å². The molecule has 0 bridgehead atoms. The molecule has 1 fully saturated rings. The number of aryl methyl sites for hydroxylation is 1. The number of unbranched alkanes of at least 4 members (excludes halogenated alkanes) is 2. The van der Waals surface area contributed by atoms with Crippen molar-refractivity contribution in [2.75, 3.05) is 19.7 Å². The molecule has 152 valence electrons. The molecule has 0 saturated carbocycles. The molecule has 29 heavy (non-hydrogen) atoms. The van der Waals surface area contributed by atoms with Crippen LogP contribution < -0.4 is 4.74 Å². The molecule has 4 rings (SSSR count). The number of benzene rings is 3. The quantitative estimate of drug-likeness (QED) is 0.511. The van der Waals surface area contributed by atoms with Crippen LogP contribution in [-0.4, -0.2) is 35.8 Å². The second-order valence-electron chi connectivity index (χ2n) is 8.17. The number of likely N-dealkylation sites (tertiary alicyclic amines) is 1. The molecule has 1 saturated heterocycles. The van der Waals surface area contributed by atoms with E-state index < -0.39 is 0 Å². The van der Waals surface area contributed by atoms with Crippen LogP contribution in [0.4, 0.5) is 0 Å². The Morgan fingerprint density at radius 2 is 1.69 bits per heavy atom. The third-order valence-corrected chi connectivity index (χ3v) is 5.75. The molecule has 3 aromatic rings. The molecular formula is C26H31NO2. The van der Waals surface area contributed by atoms with E-state index in [4.69, 9.17) is 4.74 Å². The van der Waals surface area contributed by atoms with E-state index in [2.05, 4.69) is 71.6 Å². The third-order valence-electron chi connectivity index (χ3n) is 5.75. The van der Waals surface area contributed by atoms with Gasteiger partial charge in [0.25, 0.3) is 0 Å². The van der Waals surface area contributed by atoms with Crippen molar-refractivity contribution in [3.8, 4) is 5.75 Å². The Balaban J connectivity index is 1.23. The number of nitrogens with zero attached hydrogens (tertiary/aromatic N) is 1. The van der Waals surface area contributed by atoms with Gasteiger partial charge in [-0.2, -0.15) is 0 Å². The van der Waals surface area contributed by atoms with Gasteiger partial charge >= 0.3 is 0 Å². The number of fused-ring (bicyclic) bond motifs is 1. The fraction of sp³-hybridized carbons (Fsp3) is 0.385. The number of hydrogen-bond donors (Lipinski definition) is 1. The van der Waals surface area contributed by atoms with Crippen LogP contribution in [0.5, 0.6) is 5.75 Å². The summed E-state index contributed by atoms with van der Waals surface area (Å²) in [6, 6.07) is 23.7. The van der Waals surface area contributed by atoms with E-state index in [1.54, 1.807) is 0 Å². The first kappa shape index (κ1) is 19.9. The van der Waals surface area contributed by atoms with E-state index in [0.717, 1.165) is 51.3 Å². The van der Waals surface area contributed by atoms with Crippen molar-refractivity contribution in [3.05, 3.63) is 77.9 Å². The van der Waals surface area contributed by atoms with Gasteiger partial charge in [-0.15, -0.1) is 0 Å². The lowest BCUT2D eigenvalue weighted by atomic mass is 10.1. The smallest absolute Gasteiger partial charge is 0.119 e. The lowest BCUT2D eigenvalue weighted by molar-refractivity contribution is 0.175. The molecule has 0 aromatic heterocycles. The van der Waals surface area contributed by atoms with Crippen molar-refractivity contribution in [1.29, 1.82) is 0 Å². The van der Waals surface area contributed by atoms with E-state index >= 15 is 0 Å². The van der Waals surface area contributed by atoms with Gasteiger partial charge in [-0.05, 0) is 72.2 Å². The summed E-state index contributed by atoms with van der Waals surface area (Å²) >= 11 is 0. The van der Waals surface area contributed by atoms with Gasteiger partial charge in [-0.3, -0.25) is 4.90 Å². The van der Waals surface area contributed by atoms with Crippen LogP contribution >= 0.6 is 0 Å². The van der Waals surface area contributed by atoms with E-state index in [0.29, 0.717) is 0 Å². The first-order valence-electron chi connectivity index (χ1n) is 10.9. The number of hydrogen-bond acceptors (Lipinski definition) is 3. The summed E-state index contributed by atoms with van der Waals surface area (Å²) in [6.07, 6.45) is 5.37. The minimum absolute atomic E-state index is 0.159. The van der Waals surface area contributed by atoms with Crippen LogP contribution in [0.2, 0.25) is 0 Å². The molecule has 0 spiro atoms. The topological polar surface area (TPSA) is 32.7 Å². The van der Waals surface area contributed by atoms with Gasteiger partial charge in [0.15, 0.2) is 0 Å². The zero-order chi connectivity index (χ0) is 19.9. The van der Waals surface area contributed by atoms with Crippen molar-refractivity contribution in [3.63, 3.8) is 0 Å². The molecule has 1 heterocycles. The third kappa shape index (κ3) is 5.81. The zero-order valence-corrected chi connectivity index (χ0v) is 17.1. The Hall–Kier alpha value is -2.36. The minimum Gasteiger partial charge on any atom is -0.494 e. The summed E-state index contributed by atoms with van der Waals surface area (Å²) < 4.78 is 5.98. The molecule has 1 N–H and O–H groups in total. The summed E-state index contributed by atoms with van der Waals surface area (Å²) in [5, 5.41) is 12.2. The number of rotatable bonds is 9.